The largest absolute Gasteiger partial charge is 0.326 e. The van der Waals surface area contributed by atoms with Gasteiger partial charge in [0.05, 0.1) is 0 Å². The molecular formula is C14H25ClN4O3. The van der Waals surface area contributed by atoms with Crippen LogP contribution in [-0.2, 0) is 9.59 Å². The van der Waals surface area contributed by atoms with Crippen molar-refractivity contribution in [1.29, 1.82) is 0 Å². The standard InChI is InChI=1S/C14H25ClN4O3/c1-3-5-7-18(10(20)9-15)11-12(16)19(8-6-4-2)14(22)17-13(11)21/h11-12H,3-9,16H2,1-2H3,(H,17,21,22). The average Bonchev–Trinajstić information content (AvgIpc) is 2.49. The van der Waals surface area contributed by atoms with E-state index in [0.29, 0.717) is 13.1 Å². The van der Waals surface area contributed by atoms with Crippen LogP contribution < -0.4 is 11.1 Å². The fourth-order valence-electron chi connectivity index (χ4n) is 2.44. The molecule has 0 spiro atoms. The Kier molecular flexibility index (Phi) is 7.61. The highest BCUT2D eigenvalue weighted by Gasteiger charge is 2.43. The Labute approximate surface area is 136 Å². The third kappa shape index (κ3) is 4.33. The number of nitrogens with zero attached hydrogens (tertiary/aromatic N) is 2. The Morgan fingerprint density at radius 1 is 1.32 bits per heavy atom. The minimum Gasteiger partial charge on any atom is -0.326 e. The molecule has 4 amide bonds. The molecule has 2 atom stereocenters. The van der Waals surface area contributed by atoms with Crippen molar-refractivity contribution in [2.24, 2.45) is 5.73 Å². The van der Waals surface area contributed by atoms with Crippen LogP contribution in [0.15, 0.2) is 0 Å². The van der Waals surface area contributed by atoms with E-state index in [9.17, 15) is 14.4 Å². The summed E-state index contributed by atoms with van der Waals surface area (Å²) in [5.41, 5.74) is 6.12. The molecule has 1 rings (SSSR count). The van der Waals surface area contributed by atoms with Gasteiger partial charge in [0.2, 0.25) is 5.91 Å². The molecule has 3 N–H and O–H groups in total. The molecule has 0 bridgehead atoms. The van der Waals surface area contributed by atoms with E-state index in [1.807, 2.05) is 13.8 Å². The Balaban J connectivity index is 2.97. The van der Waals surface area contributed by atoms with Gasteiger partial charge in [0.25, 0.3) is 5.91 Å². The topological polar surface area (TPSA) is 95.7 Å². The molecule has 1 saturated heterocycles. The van der Waals surface area contributed by atoms with Gasteiger partial charge in [-0.05, 0) is 12.8 Å². The van der Waals surface area contributed by atoms with Crippen molar-refractivity contribution in [3.05, 3.63) is 0 Å². The molecule has 1 aliphatic heterocycles. The number of alkyl halides is 1. The first-order valence-electron chi connectivity index (χ1n) is 7.70. The highest BCUT2D eigenvalue weighted by molar-refractivity contribution is 6.27. The average molecular weight is 333 g/mol. The van der Waals surface area contributed by atoms with Crippen molar-refractivity contribution in [2.75, 3.05) is 19.0 Å². The van der Waals surface area contributed by atoms with Gasteiger partial charge in [0, 0.05) is 13.1 Å². The summed E-state index contributed by atoms with van der Waals surface area (Å²) in [7, 11) is 0. The number of hydrogen-bond donors (Lipinski definition) is 2. The molecule has 0 aromatic heterocycles. The number of nitrogens with two attached hydrogens (primary N) is 1. The number of halogens is 1. The van der Waals surface area contributed by atoms with Gasteiger partial charge in [-0.25, -0.2) is 4.79 Å². The monoisotopic (exact) mass is 332 g/mol. The van der Waals surface area contributed by atoms with Crippen molar-refractivity contribution in [2.45, 2.75) is 51.7 Å². The second kappa shape index (κ2) is 8.95. The van der Waals surface area contributed by atoms with E-state index in [2.05, 4.69) is 5.32 Å². The summed E-state index contributed by atoms with van der Waals surface area (Å²) in [6, 6.07) is -1.40. The smallest absolute Gasteiger partial charge is 0.325 e. The molecule has 0 saturated carbocycles. The molecule has 1 aliphatic rings. The van der Waals surface area contributed by atoms with E-state index in [1.165, 1.54) is 9.80 Å². The van der Waals surface area contributed by atoms with Gasteiger partial charge >= 0.3 is 6.03 Å². The molecule has 1 heterocycles. The lowest BCUT2D eigenvalue weighted by atomic mass is 10.1. The summed E-state index contributed by atoms with van der Waals surface area (Å²) in [6.45, 7) is 4.83. The first-order valence-corrected chi connectivity index (χ1v) is 8.23. The molecular weight excluding hydrogens is 308 g/mol. The lowest BCUT2D eigenvalue weighted by Gasteiger charge is -2.42. The van der Waals surface area contributed by atoms with Crippen LogP contribution in [0.5, 0.6) is 0 Å². The van der Waals surface area contributed by atoms with Gasteiger partial charge in [-0.2, -0.15) is 0 Å². The van der Waals surface area contributed by atoms with Gasteiger partial charge in [-0.1, -0.05) is 26.7 Å². The lowest BCUT2D eigenvalue weighted by Crippen LogP contribution is -2.71. The second-order valence-electron chi connectivity index (χ2n) is 5.35. The third-order valence-corrected chi connectivity index (χ3v) is 3.95. The highest BCUT2D eigenvalue weighted by Crippen LogP contribution is 2.16. The fraction of sp³-hybridized carbons (Fsp3) is 0.786. The van der Waals surface area contributed by atoms with Gasteiger partial charge in [-0.15, -0.1) is 11.6 Å². The first kappa shape index (κ1) is 18.7. The minimum atomic E-state index is -0.896. The molecule has 0 radical (unpaired) electrons. The van der Waals surface area contributed by atoms with Gasteiger partial charge in [-0.3, -0.25) is 14.9 Å². The van der Waals surface area contributed by atoms with Crippen LogP contribution in [0.2, 0.25) is 0 Å². The van der Waals surface area contributed by atoms with E-state index < -0.39 is 24.1 Å². The number of rotatable bonds is 8. The summed E-state index contributed by atoms with van der Waals surface area (Å²) >= 11 is 5.64. The van der Waals surface area contributed by atoms with Crippen molar-refractivity contribution in [1.82, 2.24) is 15.1 Å². The second-order valence-corrected chi connectivity index (χ2v) is 5.62. The number of hydrogen-bond acceptors (Lipinski definition) is 4. The first-order chi connectivity index (χ1) is 10.5. The van der Waals surface area contributed by atoms with Crippen LogP contribution in [0.25, 0.3) is 0 Å². The highest BCUT2D eigenvalue weighted by atomic mass is 35.5. The summed E-state index contributed by atoms with van der Waals surface area (Å²) in [5, 5.41) is 2.29. The molecule has 0 aliphatic carbocycles. The molecule has 0 aromatic rings. The number of amides is 4. The van der Waals surface area contributed by atoms with Crippen LogP contribution in [0.4, 0.5) is 4.79 Å². The normalized spacial score (nSPS) is 21.7. The Hall–Kier alpha value is -1.34. The SMILES string of the molecule is CCCCN1C(=O)NC(=O)C(N(CCCC)C(=O)CCl)C1N. The van der Waals surface area contributed by atoms with E-state index in [4.69, 9.17) is 17.3 Å². The number of unbranched alkanes of at least 4 members (excludes halogenated alkanes) is 2. The predicted octanol–water partition coefficient (Wildman–Crippen LogP) is 0.859. The Morgan fingerprint density at radius 2 is 1.95 bits per heavy atom. The van der Waals surface area contributed by atoms with Crippen LogP contribution in [0.3, 0.4) is 0 Å². The maximum Gasteiger partial charge on any atom is 0.325 e. The van der Waals surface area contributed by atoms with Crippen molar-refractivity contribution in [3.63, 3.8) is 0 Å². The minimum absolute atomic E-state index is 0.219. The summed E-state index contributed by atoms with van der Waals surface area (Å²) in [6.07, 6.45) is 2.43. The van der Waals surface area contributed by atoms with Gasteiger partial charge < -0.3 is 15.5 Å². The number of carbonyl (C=O) groups is 3. The zero-order valence-electron chi connectivity index (χ0n) is 13.2. The zero-order chi connectivity index (χ0) is 16.7. The van der Waals surface area contributed by atoms with Crippen LogP contribution in [-0.4, -0.2) is 58.8 Å². The summed E-state index contributed by atoms with van der Waals surface area (Å²) < 4.78 is 0. The van der Waals surface area contributed by atoms with Crippen molar-refractivity contribution in [3.8, 4) is 0 Å². The maximum atomic E-state index is 12.2. The number of urea groups is 1. The van der Waals surface area contributed by atoms with Crippen molar-refractivity contribution >= 4 is 29.4 Å². The number of imide groups is 1. The van der Waals surface area contributed by atoms with E-state index >= 15 is 0 Å². The third-order valence-electron chi connectivity index (χ3n) is 3.72. The van der Waals surface area contributed by atoms with Crippen LogP contribution in [0, 0.1) is 0 Å². The number of carbonyl (C=O) groups excluding carboxylic acids is 3. The quantitative estimate of drug-likeness (QED) is 0.644. The van der Waals surface area contributed by atoms with Gasteiger partial charge in [0.1, 0.15) is 18.1 Å². The molecule has 22 heavy (non-hydrogen) atoms. The zero-order valence-corrected chi connectivity index (χ0v) is 13.9. The van der Waals surface area contributed by atoms with Gasteiger partial charge in [0.15, 0.2) is 0 Å². The van der Waals surface area contributed by atoms with E-state index in [-0.39, 0.29) is 11.8 Å². The molecule has 1 fully saturated rings. The predicted molar refractivity (Wildman–Crippen MR) is 84.3 cm³/mol. The fourth-order valence-corrected chi connectivity index (χ4v) is 2.59. The lowest BCUT2D eigenvalue weighted by molar-refractivity contribution is -0.142. The molecule has 2 unspecified atom stereocenters. The maximum absolute atomic E-state index is 12.2. The van der Waals surface area contributed by atoms with E-state index in [1.54, 1.807) is 0 Å². The molecule has 7 nitrogen and oxygen atoms in total. The van der Waals surface area contributed by atoms with E-state index in [0.717, 1.165) is 25.7 Å². The summed E-state index contributed by atoms with van der Waals surface area (Å²) in [5.74, 6) is -1.11. The number of nitrogens with one attached hydrogen (secondary N) is 1. The van der Waals surface area contributed by atoms with Crippen LogP contribution >= 0.6 is 11.6 Å². The molecule has 126 valence electrons. The summed E-state index contributed by atoms with van der Waals surface area (Å²) in [4.78, 5) is 39.0. The molecule has 8 heteroatoms. The van der Waals surface area contributed by atoms with Crippen LogP contribution in [0.1, 0.15) is 39.5 Å². The Morgan fingerprint density at radius 3 is 2.50 bits per heavy atom. The molecule has 0 aromatic carbocycles. The Bertz CT molecular complexity index is 419. The van der Waals surface area contributed by atoms with Crippen molar-refractivity contribution < 1.29 is 14.4 Å².